The van der Waals surface area contributed by atoms with E-state index < -0.39 is 0 Å². The van der Waals surface area contributed by atoms with Crippen LogP contribution in [0, 0.1) is 0 Å². The molecule has 4 nitrogen and oxygen atoms in total. The van der Waals surface area contributed by atoms with Gasteiger partial charge in [0.15, 0.2) is 0 Å². The third-order valence-electron chi connectivity index (χ3n) is 2.08. The van der Waals surface area contributed by atoms with Crippen LogP contribution in [0.5, 0.6) is 0 Å². The van der Waals surface area contributed by atoms with Crippen LogP contribution in [0.25, 0.3) is 0 Å². The van der Waals surface area contributed by atoms with E-state index >= 15 is 0 Å². The summed E-state index contributed by atoms with van der Waals surface area (Å²) in [6.07, 6.45) is 1.72. The lowest BCUT2D eigenvalue weighted by atomic mass is 10.1. The summed E-state index contributed by atoms with van der Waals surface area (Å²) in [5.41, 5.74) is 7.36. The predicted octanol–water partition coefficient (Wildman–Crippen LogP) is 0.325. The molecule has 0 aliphatic carbocycles. The first-order valence-corrected chi connectivity index (χ1v) is 4.39. The fourth-order valence-corrected chi connectivity index (χ4v) is 1.41. The molecule has 0 aromatic carbocycles. The Bertz CT molecular complexity index is 284. The number of hydrogen-bond donors (Lipinski definition) is 2. The van der Waals surface area contributed by atoms with Crippen LogP contribution in [0.2, 0.25) is 0 Å². The maximum absolute atomic E-state index is 5.66. The second-order valence-corrected chi connectivity index (χ2v) is 3.10. The van der Waals surface area contributed by atoms with Gasteiger partial charge in [-0.1, -0.05) is 0 Å². The minimum absolute atomic E-state index is 0.192. The molecule has 0 spiro atoms. The molecular weight excluding hydrogens is 166 g/mol. The molecule has 2 heterocycles. The molecular formula is C9H13N3O. The van der Waals surface area contributed by atoms with Gasteiger partial charge in [0.1, 0.15) is 0 Å². The molecule has 3 N–H and O–H groups in total. The van der Waals surface area contributed by atoms with E-state index in [0.29, 0.717) is 6.61 Å². The number of hydrogen-bond acceptors (Lipinski definition) is 4. The summed E-state index contributed by atoms with van der Waals surface area (Å²) in [5.74, 6) is 0. The SMILES string of the molecule is Nc1ccnc([C@@H]2COCCN2)c1. The topological polar surface area (TPSA) is 60.2 Å². The number of aromatic nitrogens is 1. The van der Waals surface area contributed by atoms with Gasteiger partial charge in [0.05, 0.1) is 24.9 Å². The summed E-state index contributed by atoms with van der Waals surface area (Å²) in [5, 5.41) is 3.32. The summed E-state index contributed by atoms with van der Waals surface area (Å²) in [4.78, 5) is 4.24. The molecule has 1 saturated heterocycles. The number of nitrogen functional groups attached to an aromatic ring is 1. The summed E-state index contributed by atoms with van der Waals surface area (Å²) in [6.45, 7) is 2.33. The summed E-state index contributed by atoms with van der Waals surface area (Å²) < 4.78 is 5.33. The van der Waals surface area contributed by atoms with Crippen molar-refractivity contribution in [1.82, 2.24) is 10.3 Å². The highest BCUT2D eigenvalue weighted by molar-refractivity contribution is 5.38. The van der Waals surface area contributed by atoms with Crippen LogP contribution in [-0.2, 0) is 4.74 Å². The van der Waals surface area contributed by atoms with Crippen LogP contribution in [0.1, 0.15) is 11.7 Å². The van der Waals surface area contributed by atoms with Gasteiger partial charge < -0.3 is 15.8 Å². The van der Waals surface area contributed by atoms with Crippen molar-refractivity contribution in [1.29, 1.82) is 0 Å². The number of anilines is 1. The van der Waals surface area contributed by atoms with E-state index in [-0.39, 0.29) is 6.04 Å². The Morgan fingerprint density at radius 3 is 3.23 bits per heavy atom. The standard InChI is InChI=1S/C9H13N3O/c10-7-1-2-11-8(5-7)9-6-13-4-3-12-9/h1-2,5,9,12H,3-4,6H2,(H2,10,11)/t9-/m0/s1. The Morgan fingerprint density at radius 2 is 2.54 bits per heavy atom. The number of pyridine rings is 1. The number of ether oxygens (including phenoxy) is 1. The Balaban J connectivity index is 2.14. The lowest BCUT2D eigenvalue weighted by Crippen LogP contribution is -2.35. The highest BCUT2D eigenvalue weighted by atomic mass is 16.5. The number of nitrogens with two attached hydrogens (primary N) is 1. The Kier molecular flexibility index (Phi) is 2.42. The highest BCUT2D eigenvalue weighted by Crippen LogP contribution is 2.14. The quantitative estimate of drug-likeness (QED) is 0.652. The molecule has 1 aromatic rings. The van der Waals surface area contributed by atoms with Crippen LogP contribution in [0.3, 0.4) is 0 Å². The maximum Gasteiger partial charge on any atom is 0.0734 e. The molecule has 0 unspecified atom stereocenters. The first-order valence-electron chi connectivity index (χ1n) is 4.39. The van der Waals surface area contributed by atoms with Crippen molar-refractivity contribution in [2.45, 2.75) is 6.04 Å². The fourth-order valence-electron chi connectivity index (χ4n) is 1.41. The molecule has 0 amide bonds. The van der Waals surface area contributed by atoms with Gasteiger partial charge >= 0.3 is 0 Å². The largest absolute Gasteiger partial charge is 0.399 e. The third kappa shape index (κ3) is 1.96. The molecule has 70 valence electrons. The van der Waals surface area contributed by atoms with Crippen molar-refractivity contribution in [2.24, 2.45) is 0 Å². The molecule has 13 heavy (non-hydrogen) atoms. The lowest BCUT2D eigenvalue weighted by Gasteiger charge is -2.23. The fraction of sp³-hybridized carbons (Fsp3) is 0.444. The van der Waals surface area contributed by atoms with Gasteiger partial charge in [-0.2, -0.15) is 0 Å². The Labute approximate surface area is 77.1 Å². The van der Waals surface area contributed by atoms with Crippen molar-refractivity contribution >= 4 is 5.69 Å². The van der Waals surface area contributed by atoms with Crippen molar-refractivity contribution in [2.75, 3.05) is 25.5 Å². The molecule has 0 radical (unpaired) electrons. The molecule has 1 aliphatic rings. The Hall–Kier alpha value is -1.13. The van der Waals surface area contributed by atoms with Gasteiger partial charge in [-0.3, -0.25) is 4.98 Å². The van der Waals surface area contributed by atoms with E-state index in [9.17, 15) is 0 Å². The molecule has 4 heteroatoms. The molecule has 1 aromatic heterocycles. The highest BCUT2D eigenvalue weighted by Gasteiger charge is 2.15. The maximum atomic E-state index is 5.66. The van der Waals surface area contributed by atoms with Gasteiger partial charge in [0.2, 0.25) is 0 Å². The second-order valence-electron chi connectivity index (χ2n) is 3.10. The van der Waals surface area contributed by atoms with Crippen LogP contribution in [0.15, 0.2) is 18.3 Å². The number of nitrogens with one attached hydrogen (secondary N) is 1. The zero-order valence-corrected chi connectivity index (χ0v) is 7.36. The van der Waals surface area contributed by atoms with E-state index in [1.54, 1.807) is 12.3 Å². The van der Waals surface area contributed by atoms with Gasteiger partial charge in [-0.05, 0) is 12.1 Å². The average Bonchev–Trinajstić information content (AvgIpc) is 2.19. The zero-order valence-electron chi connectivity index (χ0n) is 7.36. The van der Waals surface area contributed by atoms with Gasteiger partial charge in [-0.15, -0.1) is 0 Å². The summed E-state index contributed by atoms with van der Waals surface area (Å²) >= 11 is 0. The molecule has 2 rings (SSSR count). The Morgan fingerprint density at radius 1 is 1.62 bits per heavy atom. The van der Waals surface area contributed by atoms with Gasteiger partial charge in [-0.25, -0.2) is 0 Å². The molecule has 1 atom stereocenters. The molecule has 1 aliphatic heterocycles. The van der Waals surface area contributed by atoms with Gasteiger partial charge in [0.25, 0.3) is 0 Å². The second kappa shape index (κ2) is 3.72. The van der Waals surface area contributed by atoms with E-state index in [1.165, 1.54) is 0 Å². The number of nitrogens with zero attached hydrogens (tertiary/aromatic N) is 1. The number of morpholine rings is 1. The predicted molar refractivity (Wildman–Crippen MR) is 50.2 cm³/mol. The smallest absolute Gasteiger partial charge is 0.0734 e. The minimum atomic E-state index is 0.192. The summed E-state index contributed by atoms with van der Waals surface area (Å²) in [6, 6.07) is 3.86. The first-order chi connectivity index (χ1) is 6.36. The van der Waals surface area contributed by atoms with E-state index in [1.807, 2.05) is 6.07 Å². The van der Waals surface area contributed by atoms with Crippen LogP contribution in [0.4, 0.5) is 5.69 Å². The normalized spacial score (nSPS) is 22.9. The lowest BCUT2D eigenvalue weighted by molar-refractivity contribution is 0.0756. The van der Waals surface area contributed by atoms with E-state index in [4.69, 9.17) is 10.5 Å². The van der Waals surface area contributed by atoms with Crippen LogP contribution < -0.4 is 11.1 Å². The minimum Gasteiger partial charge on any atom is -0.399 e. The van der Waals surface area contributed by atoms with Gasteiger partial charge in [0, 0.05) is 18.4 Å². The van der Waals surface area contributed by atoms with Crippen LogP contribution >= 0.6 is 0 Å². The average molecular weight is 179 g/mol. The van der Waals surface area contributed by atoms with Crippen molar-refractivity contribution < 1.29 is 4.74 Å². The monoisotopic (exact) mass is 179 g/mol. The molecule has 1 fully saturated rings. The number of rotatable bonds is 1. The van der Waals surface area contributed by atoms with Crippen molar-refractivity contribution in [3.63, 3.8) is 0 Å². The molecule has 0 saturated carbocycles. The van der Waals surface area contributed by atoms with E-state index in [0.717, 1.165) is 24.5 Å². The van der Waals surface area contributed by atoms with Crippen molar-refractivity contribution in [3.05, 3.63) is 24.0 Å². The van der Waals surface area contributed by atoms with Crippen LogP contribution in [-0.4, -0.2) is 24.7 Å². The first kappa shape index (κ1) is 8.47. The molecule has 0 bridgehead atoms. The summed E-state index contributed by atoms with van der Waals surface area (Å²) in [7, 11) is 0. The van der Waals surface area contributed by atoms with E-state index in [2.05, 4.69) is 10.3 Å². The third-order valence-corrected chi connectivity index (χ3v) is 2.08. The van der Waals surface area contributed by atoms with Crippen molar-refractivity contribution in [3.8, 4) is 0 Å². The zero-order chi connectivity index (χ0) is 9.10.